The monoisotopic (exact) mass is 374 g/mol. The zero-order chi connectivity index (χ0) is 16.0. The molecule has 1 aromatic carbocycles. The van der Waals surface area contributed by atoms with Gasteiger partial charge in [0.05, 0.1) is 17.4 Å². The van der Waals surface area contributed by atoms with Crippen molar-refractivity contribution in [2.45, 2.75) is 18.9 Å². The van der Waals surface area contributed by atoms with Crippen LogP contribution >= 0.6 is 15.9 Å². The van der Waals surface area contributed by atoms with Crippen LogP contribution in [0.3, 0.4) is 0 Å². The summed E-state index contributed by atoms with van der Waals surface area (Å²) in [4.78, 5) is 14.6. The van der Waals surface area contributed by atoms with Crippen LogP contribution in [0.25, 0.3) is 5.69 Å². The molecule has 1 saturated heterocycles. The van der Waals surface area contributed by atoms with Crippen molar-refractivity contribution in [3.05, 3.63) is 46.7 Å². The zero-order valence-corrected chi connectivity index (χ0v) is 14.3. The number of aromatic nitrogens is 2. The standard InChI is InChI=1S/C17H19BrN4O/c18-13-2-4-14(5-3-13)22-9-12(7-20-22)17(23)21-8-11-1-6-16(19)15(11)10-21/h2-5,7,9,11,15-16H,1,6,8,10,19H2. The highest BCUT2D eigenvalue weighted by atomic mass is 79.9. The number of benzene rings is 1. The summed E-state index contributed by atoms with van der Waals surface area (Å²) >= 11 is 3.42. The van der Waals surface area contributed by atoms with Crippen LogP contribution in [0.1, 0.15) is 23.2 Å². The van der Waals surface area contributed by atoms with Crippen molar-refractivity contribution in [2.24, 2.45) is 17.6 Å². The summed E-state index contributed by atoms with van der Waals surface area (Å²) in [6.45, 7) is 1.62. The largest absolute Gasteiger partial charge is 0.338 e. The molecule has 3 atom stereocenters. The average Bonchev–Trinajstić information content (AvgIpc) is 3.25. The number of halogens is 1. The van der Waals surface area contributed by atoms with Crippen molar-refractivity contribution >= 4 is 21.8 Å². The lowest BCUT2D eigenvalue weighted by molar-refractivity contribution is 0.0779. The maximum absolute atomic E-state index is 12.7. The zero-order valence-electron chi connectivity index (χ0n) is 12.7. The first-order valence-corrected chi connectivity index (χ1v) is 8.76. The Hall–Kier alpha value is -1.66. The number of nitrogens with zero attached hydrogens (tertiary/aromatic N) is 3. The molecule has 2 N–H and O–H groups in total. The molecule has 1 aliphatic heterocycles. The van der Waals surface area contributed by atoms with Crippen LogP contribution < -0.4 is 5.73 Å². The quantitative estimate of drug-likeness (QED) is 0.877. The van der Waals surface area contributed by atoms with E-state index >= 15 is 0 Å². The van der Waals surface area contributed by atoms with Gasteiger partial charge in [-0.25, -0.2) is 4.68 Å². The van der Waals surface area contributed by atoms with E-state index in [0.717, 1.165) is 36.1 Å². The van der Waals surface area contributed by atoms with Gasteiger partial charge in [0, 0.05) is 29.8 Å². The van der Waals surface area contributed by atoms with Gasteiger partial charge in [0.25, 0.3) is 5.91 Å². The Morgan fingerprint density at radius 1 is 1.22 bits per heavy atom. The highest BCUT2D eigenvalue weighted by Crippen LogP contribution is 2.37. The fourth-order valence-corrected chi connectivity index (χ4v) is 4.09. The van der Waals surface area contributed by atoms with Crippen molar-refractivity contribution < 1.29 is 4.79 Å². The molecule has 0 spiro atoms. The molecule has 2 aromatic rings. The lowest BCUT2D eigenvalue weighted by Crippen LogP contribution is -2.33. The number of carbonyl (C=O) groups is 1. The average molecular weight is 375 g/mol. The fourth-order valence-electron chi connectivity index (χ4n) is 3.82. The molecule has 23 heavy (non-hydrogen) atoms. The highest BCUT2D eigenvalue weighted by Gasteiger charge is 2.42. The first-order valence-electron chi connectivity index (χ1n) is 7.97. The Morgan fingerprint density at radius 3 is 2.74 bits per heavy atom. The fraction of sp³-hybridized carbons (Fsp3) is 0.412. The van der Waals surface area contributed by atoms with E-state index in [-0.39, 0.29) is 11.9 Å². The van der Waals surface area contributed by atoms with Gasteiger partial charge in [0.2, 0.25) is 0 Å². The molecule has 1 aromatic heterocycles. The molecule has 120 valence electrons. The number of rotatable bonds is 2. The van der Waals surface area contributed by atoms with Crippen LogP contribution in [-0.2, 0) is 0 Å². The first kappa shape index (κ1) is 14.9. The number of hydrogen-bond donors (Lipinski definition) is 1. The highest BCUT2D eigenvalue weighted by molar-refractivity contribution is 9.10. The SMILES string of the molecule is NC1CCC2CN(C(=O)c3cnn(-c4ccc(Br)cc4)c3)CC12. The molecule has 3 unspecified atom stereocenters. The Bertz CT molecular complexity index is 726. The van der Waals surface area contributed by atoms with Crippen LogP contribution in [0.15, 0.2) is 41.1 Å². The Kier molecular flexibility index (Phi) is 3.73. The van der Waals surface area contributed by atoms with Crippen LogP contribution in [0.4, 0.5) is 0 Å². The molecule has 0 bridgehead atoms. The maximum Gasteiger partial charge on any atom is 0.257 e. The number of likely N-dealkylation sites (tertiary alicyclic amines) is 1. The molecule has 0 radical (unpaired) electrons. The first-order chi connectivity index (χ1) is 11.1. The minimum absolute atomic E-state index is 0.0648. The Balaban J connectivity index is 1.51. The second-order valence-corrected chi connectivity index (χ2v) is 7.44. The molecule has 2 fully saturated rings. The van der Waals surface area contributed by atoms with E-state index in [2.05, 4.69) is 21.0 Å². The van der Waals surface area contributed by atoms with Crippen molar-refractivity contribution in [2.75, 3.05) is 13.1 Å². The topological polar surface area (TPSA) is 64.2 Å². The second-order valence-electron chi connectivity index (χ2n) is 6.53. The van der Waals surface area contributed by atoms with E-state index in [1.54, 1.807) is 17.1 Å². The van der Waals surface area contributed by atoms with E-state index in [1.165, 1.54) is 0 Å². The van der Waals surface area contributed by atoms with Gasteiger partial charge in [-0.15, -0.1) is 0 Å². The molecule has 5 nitrogen and oxygen atoms in total. The smallest absolute Gasteiger partial charge is 0.257 e. The van der Waals surface area contributed by atoms with Crippen molar-refractivity contribution in [1.29, 1.82) is 0 Å². The number of carbonyl (C=O) groups excluding carboxylic acids is 1. The summed E-state index contributed by atoms with van der Waals surface area (Å²) < 4.78 is 2.76. The van der Waals surface area contributed by atoms with Gasteiger partial charge in [-0.05, 0) is 48.9 Å². The van der Waals surface area contributed by atoms with E-state index < -0.39 is 0 Å². The molecule has 2 aliphatic rings. The molecule has 1 amide bonds. The van der Waals surface area contributed by atoms with Gasteiger partial charge in [-0.2, -0.15) is 5.10 Å². The summed E-state index contributed by atoms with van der Waals surface area (Å²) in [5, 5.41) is 4.32. The summed E-state index contributed by atoms with van der Waals surface area (Å²) in [5.41, 5.74) is 7.73. The summed E-state index contributed by atoms with van der Waals surface area (Å²) in [5.74, 6) is 1.12. The summed E-state index contributed by atoms with van der Waals surface area (Å²) in [6.07, 6.45) is 5.70. The molecular weight excluding hydrogens is 356 g/mol. The van der Waals surface area contributed by atoms with Gasteiger partial charge in [-0.3, -0.25) is 4.79 Å². The van der Waals surface area contributed by atoms with Gasteiger partial charge in [-0.1, -0.05) is 15.9 Å². The molecule has 4 rings (SSSR count). The van der Waals surface area contributed by atoms with Gasteiger partial charge >= 0.3 is 0 Å². The number of nitrogens with two attached hydrogens (primary N) is 1. The predicted octanol–water partition coefficient (Wildman–Crippen LogP) is 2.44. The maximum atomic E-state index is 12.7. The molecular formula is C17H19BrN4O. The van der Waals surface area contributed by atoms with Gasteiger partial charge < -0.3 is 10.6 Å². The molecule has 2 heterocycles. The van der Waals surface area contributed by atoms with E-state index in [9.17, 15) is 4.79 Å². The number of amides is 1. The predicted molar refractivity (Wildman–Crippen MR) is 91.4 cm³/mol. The van der Waals surface area contributed by atoms with Crippen LogP contribution in [0.5, 0.6) is 0 Å². The number of fused-ring (bicyclic) bond motifs is 1. The Morgan fingerprint density at radius 2 is 2.00 bits per heavy atom. The lowest BCUT2D eigenvalue weighted by Gasteiger charge is -2.17. The minimum Gasteiger partial charge on any atom is -0.338 e. The van der Waals surface area contributed by atoms with Crippen LogP contribution in [0, 0.1) is 11.8 Å². The van der Waals surface area contributed by atoms with Gasteiger partial charge in [0.15, 0.2) is 0 Å². The van der Waals surface area contributed by atoms with E-state index in [1.807, 2.05) is 29.2 Å². The minimum atomic E-state index is 0.0648. The lowest BCUT2D eigenvalue weighted by atomic mass is 9.98. The second kappa shape index (κ2) is 5.76. The molecule has 6 heteroatoms. The van der Waals surface area contributed by atoms with Gasteiger partial charge in [0.1, 0.15) is 0 Å². The third-order valence-electron chi connectivity index (χ3n) is 5.12. The van der Waals surface area contributed by atoms with E-state index in [0.29, 0.717) is 17.4 Å². The normalized spacial score (nSPS) is 26.5. The Labute approximate surface area is 143 Å². The van der Waals surface area contributed by atoms with Crippen LogP contribution in [0.2, 0.25) is 0 Å². The van der Waals surface area contributed by atoms with Crippen molar-refractivity contribution in [3.63, 3.8) is 0 Å². The molecule has 1 saturated carbocycles. The van der Waals surface area contributed by atoms with Crippen molar-refractivity contribution in [1.82, 2.24) is 14.7 Å². The third-order valence-corrected chi connectivity index (χ3v) is 5.65. The number of hydrogen-bond acceptors (Lipinski definition) is 3. The van der Waals surface area contributed by atoms with E-state index in [4.69, 9.17) is 5.73 Å². The summed E-state index contributed by atoms with van der Waals surface area (Å²) in [6, 6.07) is 8.10. The molecule has 1 aliphatic carbocycles. The van der Waals surface area contributed by atoms with Crippen LogP contribution in [-0.4, -0.2) is 39.7 Å². The van der Waals surface area contributed by atoms with Crippen molar-refractivity contribution in [3.8, 4) is 5.69 Å². The third kappa shape index (κ3) is 2.70. The summed E-state index contributed by atoms with van der Waals surface area (Å²) in [7, 11) is 0.